The fraction of sp³-hybridized carbons (Fsp3) is 0.706. The summed E-state index contributed by atoms with van der Waals surface area (Å²) in [7, 11) is 1.69. The van der Waals surface area contributed by atoms with E-state index in [1.54, 1.807) is 13.3 Å². The fourth-order valence-electron chi connectivity index (χ4n) is 2.81. The van der Waals surface area contributed by atoms with Crippen molar-refractivity contribution in [2.24, 2.45) is 5.41 Å². The SMILES string of the molecule is COc1ncccc1CN1CC(C(C)(C)C)NCC1(C)C. The third-order valence-corrected chi connectivity index (χ3v) is 4.49. The van der Waals surface area contributed by atoms with Gasteiger partial charge in [-0.25, -0.2) is 4.98 Å². The summed E-state index contributed by atoms with van der Waals surface area (Å²) in [4.78, 5) is 6.85. The molecular formula is C17H29N3O. The number of nitrogens with one attached hydrogen (secondary N) is 1. The Hall–Kier alpha value is -1.13. The summed E-state index contributed by atoms with van der Waals surface area (Å²) >= 11 is 0. The van der Waals surface area contributed by atoms with Crippen LogP contribution in [0.2, 0.25) is 0 Å². The minimum atomic E-state index is 0.128. The standard InChI is InChI=1S/C17H29N3O/c1-16(2,3)14-11-20(17(4,5)12-19-14)10-13-8-7-9-18-15(13)21-6/h7-9,14,19H,10-12H2,1-6H3. The van der Waals surface area contributed by atoms with E-state index < -0.39 is 0 Å². The molecule has 21 heavy (non-hydrogen) atoms. The molecule has 2 heterocycles. The highest BCUT2D eigenvalue weighted by molar-refractivity contribution is 5.25. The van der Waals surface area contributed by atoms with E-state index in [-0.39, 0.29) is 11.0 Å². The Morgan fingerprint density at radius 2 is 2.14 bits per heavy atom. The Kier molecular flexibility index (Phi) is 4.59. The zero-order chi connectivity index (χ0) is 15.7. The molecule has 1 aromatic heterocycles. The van der Waals surface area contributed by atoms with Gasteiger partial charge in [0, 0.05) is 43.0 Å². The molecule has 0 amide bonds. The Bertz CT molecular complexity index is 479. The molecule has 1 unspecified atom stereocenters. The number of nitrogens with zero attached hydrogens (tertiary/aromatic N) is 2. The third-order valence-electron chi connectivity index (χ3n) is 4.49. The van der Waals surface area contributed by atoms with Gasteiger partial charge in [0.1, 0.15) is 0 Å². The van der Waals surface area contributed by atoms with Gasteiger partial charge in [-0.15, -0.1) is 0 Å². The van der Waals surface area contributed by atoms with Gasteiger partial charge in [-0.05, 0) is 25.3 Å². The number of hydrogen-bond acceptors (Lipinski definition) is 4. The molecule has 1 fully saturated rings. The fourth-order valence-corrected chi connectivity index (χ4v) is 2.81. The van der Waals surface area contributed by atoms with Gasteiger partial charge in [-0.2, -0.15) is 0 Å². The van der Waals surface area contributed by atoms with Crippen LogP contribution in [-0.2, 0) is 6.54 Å². The lowest BCUT2D eigenvalue weighted by Crippen LogP contribution is -2.64. The summed E-state index contributed by atoms with van der Waals surface area (Å²) < 4.78 is 5.40. The first-order valence-corrected chi connectivity index (χ1v) is 7.70. The number of piperazine rings is 1. The predicted molar refractivity (Wildman–Crippen MR) is 86.5 cm³/mol. The lowest BCUT2D eigenvalue weighted by molar-refractivity contribution is 0.0289. The van der Waals surface area contributed by atoms with Crippen molar-refractivity contribution in [3.63, 3.8) is 0 Å². The maximum absolute atomic E-state index is 5.40. The number of ether oxygens (including phenoxy) is 1. The van der Waals surface area contributed by atoms with Crippen molar-refractivity contribution < 1.29 is 4.74 Å². The summed E-state index contributed by atoms with van der Waals surface area (Å²) in [6, 6.07) is 4.58. The van der Waals surface area contributed by atoms with Crippen LogP contribution in [0.5, 0.6) is 5.88 Å². The first-order valence-electron chi connectivity index (χ1n) is 7.70. The van der Waals surface area contributed by atoms with E-state index in [1.807, 2.05) is 6.07 Å². The Morgan fingerprint density at radius 1 is 1.43 bits per heavy atom. The summed E-state index contributed by atoms with van der Waals surface area (Å²) in [5, 5.41) is 3.71. The average molecular weight is 291 g/mol. The van der Waals surface area contributed by atoms with Crippen molar-refractivity contribution in [3.8, 4) is 5.88 Å². The number of hydrogen-bond donors (Lipinski definition) is 1. The van der Waals surface area contributed by atoms with Gasteiger partial charge in [0.05, 0.1) is 7.11 Å². The van der Waals surface area contributed by atoms with Crippen LogP contribution in [0.3, 0.4) is 0 Å². The predicted octanol–water partition coefficient (Wildman–Crippen LogP) is 2.69. The van der Waals surface area contributed by atoms with E-state index in [2.05, 4.69) is 55.9 Å². The van der Waals surface area contributed by atoms with E-state index in [9.17, 15) is 0 Å². The van der Waals surface area contributed by atoms with E-state index in [0.717, 1.165) is 31.1 Å². The molecule has 1 aliphatic rings. The van der Waals surface area contributed by atoms with Gasteiger partial charge in [-0.1, -0.05) is 26.8 Å². The van der Waals surface area contributed by atoms with Crippen molar-refractivity contribution in [1.82, 2.24) is 15.2 Å². The largest absolute Gasteiger partial charge is 0.481 e. The van der Waals surface area contributed by atoms with Crippen LogP contribution in [0.15, 0.2) is 18.3 Å². The number of aromatic nitrogens is 1. The van der Waals surface area contributed by atoms with Gasteiger partial charge in [0.25, 0.3) is 0 Å². The molecule has 0 radical (unpaired) electrons. The minimum Gasteiger partial charge on any atom is -0.481 e. The summed E-state index contributed by atoms with van der Waals surface area (Å²) in [5.74, 6) is 0.735. The highest BCUT2D eigenvalue weighted by atomic mass is 16.5. The molecule has 0 spiro atoms. The monoisotopic (exact) mass is 291 g/mol. The van der Waals surface area contributed by atoms with Gasteiger partial charge >= 0.3 is 0 Å². The second-order valence-electron chi connectivity index (χ2n) is 7.66. The molecule has 4 nitrogen and oxygen atoms in total. The molecule has 0 saturated carbocycles. The van der Waals surface area contributed by atoms with Gasteiger partial charge in [0.15, 0.2) is 0 Å². The normalized spacial score (nSPS) is 23.0. The lowest BCUT2D eigenvalue weighted by atomic mass is 9.82. The van der Waals surface area contributed by atoms with E-state index in [0.29, 0.717) is 6.04 Å². The zero-order valence-electron chi connectivity index (χ0n) is 14.2. The van der Waals surface area contributed by atoms with Crippen LogP contribution in [0.1, 0.15) is 40.2 Å². The molecule has 1 N–H and O–H groups in total. The topological polar surface area (TPSA) is 37.4 Å². The van der Waals surface area contributed by atoms with Crippen molar-refractivity contribution in [2.75, 3.05) is 20.2 Å². The van der Waals surface area contributed by atoms with Crippen LogP contribution < -0.4 is 10.1 Å². The summed E-state index contributed by atoms with van der Waals surface area (Å²) in [6.45, 7) is 14.4. The molecule has 0 aliphatic carbocycles. The van der Waals surface area contributed by atoms with Crippen molar-refractivity contribution in [3.05, 3.63) is 23.9 Å². The molecule has 1 atom stereocenters. The van der Waals surface area contributed by atoms with Crippen LogP contribution in [0, 0.1) is 5.41 Å². The van der Waals surface area contributed by atoms with Crippen LogP contribution >= 0.6 is 0 Å². The van der Waals surface area contributed by atoms with E-state index >= 15 is 0 Å². The average Bonchev–Trinajstić information content (AvgIpc) is 2.40. The van der Waals surface area contributed by atoms with Crippen LogP contribution in [0.4, 0.5) is 0 Å². The molecule has 2 rings (SSSR count). The maximum atomic E-state index is 5.40. The second kappa shape index (κ2) is 5.93. The van der Waals surface area contributed by atoms with Crippen molar-refractivity contribution in [2.45, 2.75) is 52.7 Å². The first-order chi connectivity index (χ1) is 9.74. The van der Waals surface area contributed by atoms with Crippen molar-refractivity contribution >= 4 is 0 Å². The lowest BCUT2D eigenvalue weighted by Gasteiger charge is -2.49. The molecule has 0 bridgehead atoms. The Balaban J connectivity index is 2.19. The number of rotatable bonds is 3. The molecule has 4 heteroatoms. The highest BCUT2D eigenvalue weighted by Gasteiger charge is 2.38. The summed E-state index contributed by atoms with van der Waals surface area (Å²) in [5.41, 5.74) is 1.54. The first kappa shape index (κ1) is 16.2. The van der Waals surface area contributed by atoms with Crippen molar-refractivity contribution in [1.29, 1.82) is 0 Å². The molecule has 1 saturated heterocycles. The van der Waals surface area contributed by atoms with Gasteiger partial charge < -0.3 is 10.1 Å². The summed E-state index contributed by atoms with van der Waals surface area (Å²) in [6.07, 6.45) is 1.78. The molecular weight excluding hydrogens is 262 g/mol. The zero-order valence-corrected chi connectivity index (χ0v) is 14.2. The number of methoxy groups -OCH3 is 1. The van der Waals surface area contributed by atoms with Crippen LogP contribution in [0.25, 0.3) is 0 Å². The Labute approximate surface area is 128 Å². The van der Waals surface area contributed by atoms with Gasteiger partial charge in [0.2, 0.25) is 5.88 Å². The van der Waals surface area contributed by atoms with E-state index in [1.165, 1.54) is 0 Å². The smallest absolute Gasteiger partial charge is 0.217 e. The second-order valence-corrected chi connectivity index (χ2v) is 7.66. The minimum absolute atomic E-state index is 0.128. The quantitative estimate of drug-likeness (QED) is 0.929. The van der Waals surface area contributed by atoms with Crippen LogP contribution in [-0.4, -0.2) is 41.7 Å². The van der Waals surface area contributed by atoms with E-state index in [4.69, 9.17) is 4.74 Å². The maximum Gasteiger partial charge on any atom is 0.217 e. The highest BCUT2D eigenvalue weighted by Crippen LogP contribution is 2.29. The number of pyridine rings is 1. The molecule has 118 valence electrons. The molecule has 1 aliphatic heterocycles. The Morgan fingerprint density at radius 3 is 2.76 bits per heavy atom. The van der Waals surface area contributed by atoms with Gasteiger partial charge in [-0.3, -0.25) is 4.90 Å². The third kappa shape index (κ3) is 3.74. The molecule has 1 aromatic rings. The molecule has 0 aromatic carbocycles.